The first-order chi connectivity index (χ1) is 13.9. The van der Waals surface area contributed by atoms with Crippen LogP contribution in [-0.2, 0) is 0 Å². The van der Waals surface area contributed by atoms with Gasteiger partial charge in [0.15, 0.2) is 5.78 Å². The molecule has 29 heavy (non-hydrogen) atoms. The maximum atomic E-state index is 11.9. The van der Waals surface area contributed by atoms with Crippen molar-refractivity contribution in [1.82, 2.24) is 9.97 Å². The Balaban J connectivity index is 2.03. The zero-order valence-electron chi connectivity index (χ0n) is 16.4. The number of Topliss-reactive ketones (excluding diaryl/α,β-unsaturated/α-hetero) is 1. The number of carbonyl (C=O) groups excluding carboxylic acids is 1. The first-order valence-corrected chi connectivity index (χ1v) is 9.12. The van der Waals surface area contributed by atoms with E-state index >= 15 is 0 Å². The van der Waals surface area contributed by atoms with Crippen molar-refractivity contribution in [2.75, 3.05) is 16.8 Å². The molecular formula is C21H21N5O3. The Labute approximate surface area is 168 Å². The van der Waals surface area contributed by atoms with Crippen LogP contribution in [0, 0.1) is 17.0 Å². The van der Waals surface area contributed by atoms with Crippen molar-refractivity contribution < 1.29 is 9.72 Å². The molecule has 0 saturated carbocycles. The van der Waals surface area contributed by atoms with Crippen molar-refractivity contribution in [3.05, 3.63) is 76.1 Å². The molecule has 0 aliphatic rings. The molecule has 0 saturated heterocycles. The first-order valence-electron chi connectivity index (χ1n) is 9.12. The van der Waals surface area contributed by atoms with E-state index in [1.807, 2.05) is 38.1 Å². The van der Waals surface area contributed by atoms with Gasteiger partial charge in [-0.2, -0.15) is 0 Å². The summed E-state index contributed by atoms with van der Waals surface area (Å²) in [6.07, 6.45) is 1.30. The average molecular weight is 391 g/mol. The number of nitro groups is 1. The molecule has 0 fully saturated rings. The Kier molecular flexibility index (Phi) is 5.82. The normalized spacial score (nSPS) is 10.4. The van der Waals surface area contributed by atoms with Gasteiger partial charge in [0.1, 0.15) is 6.33 Å². The molecule has 8 heteroatoms. The predicted octanol–water partition coefficient (Wildman–Crippen LogP) is 4.80. The second-order valence-corrected chi connectivity index (χ2v) is 6.49. The van der Waals surface area contributed by atoms with E-state index in [1.54, 1.807) is 29.2 Å². The number of hydrogen-bond acceptors (Lipinski definition) is 7. The van der Waals surface area contributed by atoms with Gasteiger partial charge in [-0.3, -0.25) is 14.9 Å². The molecule has 0 unspecified atom stereocenters. The second kappa shape index (κ2) is 8.47. The summed E-state index contributed by atoms with van der Waals surface area (Å²) < 4.78 is 0. The number of carbonyl (C=O) groups is 1. The second-order valence-electron chi connectivity index (χ2n) is 6.49. The summed E-state index contributed by atoms with van der Waals surface area (Å²) >= 11 is 0. The third-order valence-electron chi connectivity index (χ3n) is 4.42. The van der Waals surface area contributed by atoms with Gasteiger partial charge < -0.3 is 10.2 Å². The summed E-state index contributed by atoms with van der Waals surface area (Å²) in [5.74, 6) is 0.242. The molecule has 0 amide bonds. The number of aryl methyl sites for hydroxylation is 1. The number of hydrogen-bond donors (Lipinski definition) is 1. The summed E-state index contributed by atoms with van der Waals surface area (Å²) in [7, 11) is 0. The monoisotopic (exact) mass is 391 g/mol. The summed E-state index contributed by atoms with van der Waals surface area (Å²) in [6, 6.07) is 14.4. The van der Waals surface area contributed by atoms with Crippen molar-refractivity contribution in [3.63, 3.8) is 0 Å². The number of ketones is 1. The third-order valence-corrected chi connectivity index (χ3v) is 4.42. The number of benzene rings is 2. The van der Waals surface area contributed by atoms with E-state index in [1.165, 1.54) is 13.3 Å². The minimum atomic E-state index is -0.486. The van der Waals surface area contributed by atoms with E-state index in [2.05, 4.69) is 15.3 Å². The van der Waals surface area contributed by atoms with Gasteiger partial charge in [-0.25, -0.2) is 9.97 Å². The highest BCUT2D eigenvalue weighted by Gasteiger charge is 2.27. The van der Waals surface area contributed by atoms with Crippen molar-refractivity contribution in [3.8, 4) is 0 Å². The number of nitrogens with one attached hydrogen (secondary N) is 1. The average Bonchev–Trinajstić information content (AvgIpc) is 2.69. The summed E-state index contributed by atoms with van der Waals surface area (Å²) in [5, 5.41) is 14.9. The molecule has 3 rings (SSSR count). The van der Waals surface area contributed by atoms with E-state index in [4.69, 9.17) is 0 Å². The zero-order chi connectivity index (χ0) is 21.0. The van der Waals surface area contributed by atoms with Gasteiger partial charge in [0.25, 0.3) is 0 Å². The number of anilines is 4. The predicted molar refractivity (Wildman–Crippen MR) is 112 cm³/mol. The van der Waals surface area contributed by atoms with E-state index in [9.17, 15) is 14.9 Å². The molecule has 0 spiro atoms. The molecule has 0 aliphatic heterocycles. The van der Waals surface area contributed by atoms with Crippen LogP contribution in [-0.4, -0.2) is 27.2 Å². The smallest absolute Gasteiger partial charge is 0.334 e. The maximum Gasteiger partial charge on any atom is 0.354 e. The lowest BCUT2D eigenvalue weighted by Crippen LogP contribution is -2.20. The Hall–Kier alpha value is -3.81. The van der Waals surface area contributed by atoms with Crippen LogP contribution in [0.1, 0.15) is 29.8 Å². The summed E-state index contributed by atoms with van der Waals surface area (Å²) in [5.41, 5.74) is 2.78. The van der Waals surface area contributed by atoms with Crippen LogP contribution in [0.15, 0.2) is 54.9 Å². The zero-order valence-corrected chi connectivity index (χ0v) is 16.4. The van der Waals surface area contributed by atoms with E-state index in [0.717, 1.165) is 11.3 Å². The van der Waals surface area contributed by atoms with Crippen LogP contribution in [0.4, 0.5) is 28.7 Å². The molecule has 0 bridgehead atoms. The van der Waals surface area contributed by atoms with Crippen LogP contribution in [0.25, 0.3) is 0 Å². The van der Waals surface area contributed by atoms with E-state index in [-0.39, 0.29) is 23.1 Å². The number of aromatic nitrogens is 2. The van der Waals surface area contributed by atoms with Gasteiger partial charge in [0.05, 0.1) is 4.92 Å². The van der Waals surface area contributed by atoms with E-state index in [0.29, 0.717) is 17.8 Å². The standard InChI is InChI=1S/C21H21N5O3/c1-4-25(18-7-5-6-14(2)12-18)21-19(26(28)29)20(22-13-23-21)24-17-10-8-16(9-11-17)15(3)27/h5-13H,4H2,1-3H3,(H,22,23,24). The molecule has 0 radical (unpaired) electrons. The van der Waals surface area contributed by atoms with Gasteiger partial charge >= 0.3 is 5.69 Å². The van der Waals surface area contributed by atoms with Gasteiger partial charge in [0.2, 0.25) is 11.6 Å². The lowest BCUT2D eigenvalue weighted by atomic mass is 10.1. The molecule has 0 aliphatic carbocycles. The lowest BCUT2D eigenvalue weighted by Gasteiger charge is -2.22. The minimum Gasteiger partial charge on any atom is -0.334 e. The minimum absolute atomic E-state index is 0.0522. The van der Waals surface area contributed by atoms with Crippen LogP contribution < -0.4 is 10.2 Å². The molecular weight excluding hydrogens is 370 g/mol. The van der Waals surface area contributed by atoms with Gasteiger partial charge in [-0.1, -0.05) is 12.1 Å². The SMILES string of the molecule is CCN(c1cccc(C)c1)c1ncnc(Nc2ccc(C(C)=O)cc2)c1[N+](=O)[O-]. The summed E-state index contributed by atoms with van der Waals surface area (Å²) in [6.45, 7) is 5.84. The lowest BCUT2D eigenvalue weighted by molar-refractivity contribution is -0.383. The molecule has 1 heterocycles. The van der Waals surface area contributed by atoms with Crippen LogP contribution in [0.5, 0.6) is 0 Å². The largest absolute Gasteiger partial charge is 0.354 e. The fourth-order valence-electron chi connectivity index (χ4n) is 3.00. The van der Waals surface area contributed by atoms with Gasteiger partial charge in [0, 0.05) is 23.5 Å². The molecule has 1 N–H and O–H groups in total. The molecule has 2 aromatic carbocycles. The van der Waals surface area contributed by atoms with Crippen LogP contribution >= 0.6 is 0 Å². The first kappa shape index (κ1) is 19.9. The highest BCUT2D eigenvalue weighted by atomic mass is 16.6. The van der Waals surface area contributed by atoms with E-state index < -0.39 is 4.92 Å². The molecule has 3 aromatic rings. The maximum absolute atomic E-state index is 11.9. The van der Waals surface area contributed by atoms with Gasteiger partial charge in [-0.05, 0) is 62.7 Å². The number of rotatable bonds is 7. The Morgan fingerprint density at radius 3 is 2.48 bits per heavy atom. The highest BCUT2D eigenvalue weighted by Crippen LogP contribution is 2.37. The highest BCUT2D eigenvalue weighted by molar-refractivity contribution is 5.94. The Bertz CT molecular complexity index is 1050. The van der Waals surface area contributed by atoms with Crippen LogP contribution in [0.2, 0.25) is 0 Å². The molecule has 8 nitrogen and oxygen atoms in total. The van der Waals surface area contributed by atoms with Crippen molar-refractivity contribution >= 4 is 34.5 Å². The number of nitrogens with zero attached hydrogens (tertiary/aromatic N) is 4. The van der Waals surface area contributed by atoms with Crippen molar-refractivity contribution in [1.29, 1.82) is 0 Å². The molecule has 0 atom stereocenters. The van der Waals surface area contributed by atoms with Gasteiger partial charge in [-0.15, -0.1) is 0 Å². The topological polar surface area (TPSA) is 101 Å². The summed E-state index contributed by atoms with van der Waals surface area (Å²) in [4.78, 5) is 32.9. The fourth-order valence-corrected chi connectivity index (χ4v) is 3.00. The third kappa shape index (κ3) is 4.37. The van der Waals surface area contributed by atoms with Crippen molar-refractivity contribution in [2.24, 2.45) is 0 Å². The quantitative estimate of drug-likeness (QED) is 0.351. The van der Waals surface area contributed by atoms with Crippen LogP contribution in [0.3, 0.4) is 0 Å². The van der Waals surface area contributed by atoms with Crippen molar-refractivity contribution in [2.45, 2.75) is 20.8 Å². The fraction of sp³-hybridized carbons (Fsp3) is 0.190. The molecule has 148 valence electrons. The Morgan fingerprint density at radius 2 is 1.90 bits per heavy atom. The Morgan fingerprint density at radius 1 is 1.17 bits per heavy atom. The molecule has 1 aromatic heterocycles.